The molecular formula is C22H15N3O2S. The molecule has 0 radical (unpaired) electrons. The van der Waals surface area contributed by atoms with Gasteiger partial charge in [-0.1, -0.05) is 36.4 Å². The zero-order valence-corrected chi connectivity index (χ0v) is 15.6. The van der Waals surface area contributed by atoms with Crippen LogP contribution in [0.15, 0.2) is 71.9 Å². The maximum Gasteiger partial charge on any atom is 0.341 e. The van der Waals surface area contributed by atoms with Crippen molar-refractivity contribution < 1.29 is 9.53 Å². The quantitative estimate of drug-likeness (QED) is 0.459. The van der Waals surface area contributed by atoms with Gasteiger partial charge in [-0.05, 0) is 29.8 Å². The van der Waals surface area contributed by atoms with E-state index in [1.54, 1.807) is 48.7 Å². The Labute approximate surface area is 167 Å². The van der Waals surface area contributed by atoms with Crippen LogP contribution in [-0.4, -0.2) is 11.0 Å². The standard InChI is InChI=1S/C22H15N3O2S/c23-12-16-6-1-3-8-18(16)14-27-22(26)20-10-5-11-25-21(20)28-15-19-9-4-2-7-17(19)13-24/h1-11H,14-15H2. The summed E-state index contributed by atoms with van der Waals surface area (Å²) in [4.78, 5) is 16.8. The maximum atomic E-state index is 12.6. The Morgan fingerprint density at radius 2 is 1.57 bits per heavy atom. The van der Waals surface area contributed by atoms with Gasteiger partial charge in [0.2, 0.25) is 0 Å². The molecule has 0 aliphatic carbocycles. The van der Waals surface area contributed by atoms with Gasteiger partial charge in [0.25, 0.3) is 0 Å². The molecule has 3 rings (SSSR count). The van der Waals surface area contributed by atoms with Crippen molar-refractivity contribution in [3.8, 4) is 12.1 Å². The summed E-state index contributed by atoms with van der Waals surface area (Å²) < 4.78 is 5.40. The Morgan fingerprint density at radius 3 is 2.29 bits per heavy atom. The number of aromatic nitrogens is 1. The number of hydrogen-bond acceptors (Lipinski definition) is 6. The molecule has 0 saturated carbocycles. The first kappa shape index (κ1) is 19.2. The molecule has 5 nitrogen and oxygen atoms in total. The van der Waals surface area contributed by atoms with Crippen LogP contribution in [0.5, 0.6) is 0 Å². The monoisotopic (exact) mass is 385 g/mol. The van der Waals surface area contributed by atoms with Crippen LogP contribution in [-0.2, 0) is 17.1 Å². The number of ether oxygens (including phenoxy) is 1. The topological polar surface area (TPSA) is 86.8 Å². The molecule has 0 spiro atoms. The van der Waals surface area contributed by atoms with Crippen molar-refractivity contribution >= 4 is 17.7 Å². The summed E-state index contributed by atoms with van der Waals surface area (Å²) >= 11 is 1.37. The molecule has 0 N–H and O–H groups in total. The third-order valence-corrected chi connectivity index (χ3v) is 5.04. The molecule has 2 aromatic carbocycles. The summed E-state index contributed by atoms with van der Waals surface area (Å²) in [6.07, 6.45) is 1.61. The fourth-order valence-corrected chi connectivity index (χ4v) is 3.53. The lowest BCUT2D eigenvalue weighted by atomic mass is 10.1. The molecular weight excluding hydrogens is 370 g/mol. The van der Waals surface area contributed by atoms with E-state index < -0.39 is 5.97 Å². The summed E-state index contributed by atoms with van der Waals surface area (Å²) in [5, 5.41) is 18.9. The first-order valence-electron chi connectivity index (χ1n) is 8.44. The smallest absolute Gasteiger partial charge is 0.341 e. The minimum absolute atomic E-state index is 0.0127. The van der Waals surface area contributed by atoms with Crippen molar-refractivity contribution in [3.63, 3.8) is 0 Å². The van der Waals surface area contributed by atoms with E-state index in [1.165, 1.54) is 11.8 Å². The third-order valence-electron chi connectivity index (χ3n) is 3.99. The molecule has 136 valence electrons. The molecule has 1 aromatic heterocycles. The third kappa shape index (κ3) is 4.56. The largest absolute Gasteiger partial charge is 0.457 e. The number of esters is 1. The van der Waals surface area contributed by atoms with Gasteiger partial charge in [0.1, 0.15) is 11.6 Å². The van der Waals surface area contributed by atoms with Gasteiger partial charge in [-0.25, -0.2) is 9.78 Å². The van der Waals surface area contributed by atoms with Crippen LogP contribution in [0.1, 0.15) is 32.6 Å². The fourth-order valence-electron chi connectivity index (χ4n) is 2.54. The van der Waals surface area contributed by atoms with E-state index in [4.69, 9.17) is 10.00 Å². The van der Waals surface area contributed by atoms with E-state index in [0.29, 0.717) is 33.0 Å². The van der Waals surface area contributed by atoms with Crippen molar-refractivity contribution in [2.75, 3.05) is 0 Å². The van der Waals surface area contributed by atoms with E-state index in [-0.39, 0.29) is 6.61 Å². The van der Waals surface area contributed by atoms with Crippen LogP contribution < -0.4 is 0 Å². The molecule has 0 amide bonds. The number of nitriles is 2. The molecule has 0 aliphatic heterocycles. The van der Waals surface area contributed by atoms with Gasteiger partial charge in [-0.3, -0.25) is 0 Å². The number of carbonyl (C=O) groups excluding carboxylic acids is 1. The molecule has 0 atom stereocenters. The second kappa shape index (κ2) is 9.36. The van der Waals surface area contributed by atoms with Gasteiger partial charge in [-0.15, -0.1) is 11.8 Å². The van der Waals surface area contributed by atoms with E-state index in [0.717, 1.165) is 5.56 Å². The van der Waals surface area contributed by atoms with Crippen LogP contribution in [0, 0.1) is 22.7 Å². The van der Waals surface area contributed by atoms with Gasteiger partial charge in [0.05, 0.1) is 28.8 Å². The molecule has 28 heavy (non-hydrogen) atoms. The van der Waals surface area contributed by atoms with Crippen molar-refractivity contribution in [2.45, 2.75) is 17.4 Å². The Balaban J connectivity index is 1.72. The summed E-state index contributed by atoms with van der Waals surface area (Å²) in [5.41, 5.74) is 2.96. The number of carbonyl (C=O) groups is 1. The minimum atomic E-state index is -0.503. The predicted octanol–water partition coefficient (Wildman–Crippen LogP) is 4.47. The normalized spacial score (nSPS) is 9.93. The second-order valence-corrected chi connectivity index (χ2v) is 6.72. The molecule has 0 bridgehead atoms. The molecule has 1 heterocycles. The Kier molecular flexibility index (Phi) is 6.41. The SMILES string of the molecule is N#Cc1ccccc1COC(=O)c1cccnc1SCc1ccccc1C#N. The highest BCUT2D eigenvalue weighted by atomic mass is 32.2. The van der Waals surface area contributed by atoms with Crippen molar-refractivity contribution in [2.24, 2.45) is 0 Å². The van der Waals surface area contributed by atoms with Crippen LogP contribution in [0.25, 0.3) is 0 Å². The summed E-state index contributed by atoms with van der Waals surface area (Å²) in [5.74, 6) is 0.00933. The number of benzene rings is 2. The van der Waals surface area contributed by atoms with Gasteiger partial charge in [0.15, 0.2) is 0 Å². The molecule has 0 saturated heterocycles. The summed E-state index contributed by atoms with van der Waals surface area (Å²) in [7, 11) is 0. The lowest BCUT2D eigenvalue weighted by molar-refractivity contribution is 0.0467. The predicted molar refractivity (Wildman–Crippen MR) is 105 cm³/mol. The minimum Gasteiger partial charge on any atom is -0.457 e. The lowest BCUT2D eigenvalue weighted by Crippen LogP contribution is -2.08. The lowest BCUT2D eigenvalue weighted by Gasteiger charge is -2.10. The first-order valence-corrected chi connectivity index (χ1v) is 9.42. The Bertz CT molecular complexity index is 1080. The van der Waals surface area contributed by atoms with E-state index >= 15 is 0 Å². The number of nitrogens with zero attached hydrogens (tertiary/aromatic N) is 3. The highest BCUT2D eigenvalue weighted by Gasteiger charge is 2.15. The molecule has 3 aromatic rings. The summed E-state index contributed by atoms with van der Waals surface area (Å²) in [6.45, 7) is 0.0127. The average Bonchev–Trinajstić information content (AvgIpc) is 2.76. The van der Waals surface area contributed by atoms with Crippen molar-refractivity contribution in [1.29, 1.82) is 10.5 Å². The molecule has 0 unspecified atom stereocenters. The van der Waals surface area contributed by atoms with Crippen LogP contribution >= 0.6 is 11.8 Å². The Hall–Kier alpha value is -3.61. The second-order valence-electron chi connectivity index (χ2n) is 5.76. The number of pyridine rings is 1. The van der Waals surface area contributed by atoms with E-state index in [2.05, 4.69) is 17.1 Å². The van der Waals surface area contributed by atoms with Gasteiger partial charge in [0, 0.05) is 17.5 Å². The van der Waals surface area contributed by atoms with Crippen LogP contribution in [0.3, 0.4) is 0 Å². The number of thioether (sulfide) groups is 1. The van der Waals surface area contributed by atoms with Crippen molar-refractivity contribution in [1.82, 2.24) is 4.98 Å². The zero-order valence-electron chi connectivity index (χ0n) is 14.8. The average molecular weight is 385 g/mol. The van der Waals surface area contributed by atoms with Gasteiger partial charge >= 0.3 is 5.97 Å². The highest BCUT2D eigenvalue weighted by Crippen LogP contribution is 2.26. The first-order chi connectivity index (χ1) is 13.7. The van der Waals surface area contributed by atoms with Crippen LogP contribution in [0.2, 0.25) is 0 Å². The number of hydrogen-bond donors (Lipinski definition) is 0. The molecule has 6 heteroatoms. The zero-order chi connectivity index (χ0) is 19.8. The van der Waals surface area contributed by atoms with Gasteiger partial charge < -0.3 is 4.74 Å². The maximum absolute atomic E-state index is 12.6. The van der Waals surface area contributed by atoms with Crippen molar-refractivity contribution in [3.05, 3.63) is 94.7 Å². The van der Waals surface area contributed by atoms with Gasteiger partial charge in [-0.2, -0.15) is 10.5 Å². The fraction of sp³-hybridized carbons (Fsp3) is 0.0909. The Morgan fingerprint density at radius 1 is 0.929 bits per heavy atom. The molecule has 0 aliphatic rings. The molecule has 0 fully saturated rings. The van der Waals surface area contributed by atoms with E-state index in [1.807, 2.05) is 18.2 Å². The summed E-state index contributed by atoms with van der Waals surface area (Å²) in [6, 6.07) is 21.9. The highest BCUT2D eigenvalue weighted by molar-refractivity contribution is 7.98. The van der Waals surface area contributed by atoms with Crippen LogP contribution in [0.4, 0.5) is 0 Å². The van der Waals surface area contributed by atoms with E-state index in [9.17, 15) is 10.1 Å². The number of rotatable bonds is 6.